The fourth-order valence-electron chi connectivity index (χ4n) is 5.27. The van der Waals surface area contributed by atoms with Gasteiger partial charge in [-0.15, -0.1) is 0 Å². The average Bonchev–Trinajstić information content (AvgIpc) is 2.98. The second kappa shape index (κ2) is 15.4. The molecule has 1 fully saturated rings. The number of aliphatic hydroxyl groups is 1. The maximum Gasteiger partial charge on any atom is 0.195 e. The lowest BCUT2D eigenvalue weighted by atomic mass is 9.98. The van der Waals surface area contributed by atoms with Crippen LogP contribution in [-0.4, -0.2) is 50.7 Å². The zero-order chi connectivity index (χ0) is 30.0. The monoisotopic (exact) mass is 592 g/mol. The van der Waals surface area contributed by atoms with Crippen molar-refractivity contribution in [3.05, 3.63) is 108 Å². The maximum absolute atomic E-state index is 11.7. The van der Waals surface area contributed by atoms with Crippen LogP contribution in [0.1, 0.15) is 50.3 Å². The second-order valence-corrected chi connectivity index (χ2v) is 16.9. The van der Waals surface area contributed by atoms with Crippen molar-refractivity contribution in [1.29, 1.82) is 0 Å². The van der Waals surface area contributed by atoms with Crippen molar-refractivity contribution in [2.75, 3.05) is 6.61 Å². The smallest absolute Gasteiger partial charge is 0.195 e. The highest BCUT2D eigenvalue weighted by molar-refractivity contribution is 6.74. The lowest BCUT2D eigenvalue weighted by molar-refractivity contribution is -0.304. The molecule has 1 saturated heterocycles. The summed E-state index contributed by atoms with van der Waals surface area (Å²) < 4.78 is 32.6. The van der Waals surface area contributed by atoms with Crippen LogP contribution in [0, 0.1) is 0 Å². The summed E-state index contributed by atoms with van der Waals surface area (Å²) in [5.41, 5.74) is 3.11. The van der Waals surface area contributed by atoms with Gasteiger partial charge in [0.05, 0.1) is 26.4 Å². The van der Waals surface area contributed by atoms with Gasteiger partial charge < -0.3 is 28.5 Å². The van der Waals surface area contributed by atoms with E-state index in [1.54, 1.807) is 0 Å². The molecule has 42 heavy (non-hydrogen) atoms. The first kappa shape index (κ1) is 32.5. The topological polar surface area (TPSA) is 66.4 Å². The van der Waals surface area contributed by atoms with Crippen LogP contribution in [0.15, 0.2) is 91.0 Å². The Morgan fingerprint density at radius 3 is 1.71 bits per heavy atom. The van der Waals surface area contributed by atoms with Crippen molar-refractivity contribution in [1.82, 2.24) is 0 Å². The van der Waals surface area contributed by atoms with Gasteiger partial charge in [-0.1, -0.05) is 118 Å². The zero-order valence-corrected chi connectivity index (χ0v) is 26.8. The van der Waals surface area contributed by atoms with Crippen LogP contribution >= 0.6 is 0 Å². The molecule has 0 aromatic heterocycles. The van der Waals surface area contributed by atoms with Crippen LogP contribution in [0.2, 0.25) is 18.1 Å². The number of hydrogen-bond acceptors (Lipinski definition) is 6. The Morgan fingerprint density at radius 2 is 1.21 bits per heavy atom. The van der Waals surface area contributed by atoms with Crippen molar-refractivity contribution in [3.63, 3.8) is 0 Å². The minimum absolute atomic E-state index is 0.00481. The number of aliphatic hydroxyl groups excluding tert-OH is 1. The van der Waals surface area contributed by atoms with Crippen LogP contribution in [0.5, 0.6) is 0 Å². The number of ether oxygens (including phenoxy) is 4. The van der Waals surface area contributed by atoms with Crippen LogP contribution < -0.4 is 0 Å². The van der Waals surface area contributed by atoms with E-state index in [9.17, 15) is 5.11 Å². The molecule has 228 valence electrons. The predicted octanol–water partition coefficient (Wildman–Crippen LogP) is 7.26. The lowest BCUT2D eigenvalue weighted by Crippen LogP contribution is -2.63. The van der Waals surface area contributed by atoms with Crippen molar-refractivity contribution < 1.29 is 28.5 Å². The summed E-state index contributed by atoms with van der Waals surface area (Å²) in [6.45, 7) is 12.6. The van der Waals surface area contributed by atoms with E-state index in [0.29, 0.717) is 19.8 Å². The molecule has 1 N–H and O–H groups in total. The first-order valence-corrected chi connectivity index (χ1v) is 18.0. The van der Waals surface area contributed by atoms with Gasteiger partial charge in [0.15, 0.2) is 14.6 Å². The molecule has 7 heteroatoms. The molecular formula is C35H48O6Si. The highest BCUT2D eigenvalue weighted by Gasteiger charge is 2.51. The van der Waals surface area contributed by atoms with Crippen molar-refractivity contribution in [2.24, 2.45) is 0 Å². The SMILES string of the molecule is CCCC(C)(C)[Si](C)(C)O[C@@H]1O[C@H](COCc2ccccc2)[C@H](O)[C@H](OCc2ccccc2)[C@H]1OCc1ccccc1. The molecule has 0 saturated carbocycles. The van der Waals surface area contributed by atoms with Gasteiger partial charge in [-0.05, 0) is 41.2 Å². The van der Waals surface area contributed by atoms with Crippen LogP contribution in [0.3, 0.4) is 0 Å². The summed E-state index contributed by atoms with van der Waals surface area (Å²) in [7, 11) is -2.32. The third kappa shape index (κ3) is 8.83. The summed E-state index contributed by atoms with van der Waals surface area (Å²) in [6, 6.07) is 30.0. The first-order chi connectivity index (χ1) is 20.2. The molecule has 5 atom stereocenters. The molecular weight excluding hydrogens is 544 g/mol. The molecule has 0 aliphatic carbocycles. The van der Waals surface area contributed by atoms with Gasteiger partial charge in [0.25, 0.3) is 0 Å². The molecule has 4 rings (SSSR count). The fourth-order valence-corrected chi connectivity index (χ4v) is 7.21. The molecule has 0 amide bonds. The van der Waals surface area contributed by atoms with E-state index in [2.05, 4.69) is 33.9 Å². The minimum Gasteiger partial charge on any atom is -0.390 e. The molecule has 1 heterocycles. The van der Waals surface area contributed by atoms with Crippen molar-refractivity contribution in [3.8, 4) is 0 Å². The van der Waals surface area contributed by atoms with E-state index in [1.165, 1.54) is 0 Å². The molecule has 0 spiro atoms. The van der Waals surface area contributed by atoms with E-state index in [4.69, 9.17) is 23.4 Å². The number of hydrogen-bond donors (Lipinski definition) is 1. The van der Waals surface area contributed by atoms with Gasteiger partial charge in [-0.2, -0.15) is 0 Å². The Hall–Kier alpha value is -2.36. The summed E-state index contributed by atoms with van der Waals surface area (Å²) in [5.74, 6) is 0. The molecule has 0 bridgehead atoms. The van der Waals surface area contributed by atoms with Gasteiger partial charge in [-0.25, -0.2) is 0 Å². The van der Waals surface area contributed by atoms with Gasteiger partial charge in [0.1, 0.15) is 24.4 Å². The van der Waals surface area contributed by atoms with Crippen LogP contribution in [-0.2, 0) is 43.2 Å². The fraction of sp³-hybridized carbons (Fsp3) is 0.486. The summed E-state index contributed by atoms with van der Waals surface area (Å²) in [5, 5.41) is 11.7. The molecule has 1 aliphatic heterocycles. The quantitative estimate of drug-likeness (QED) is 0.187. The molecule has 3 aromatic rings. The van der Waals surface area contributed by atoms with Crippen molar-refractivity contribution in [2.45, 2.75) is 102 Å². The normalized spacial score (nSPS) is 23.1. The summed E-state index contributed by atoms with van der Waals surface area (Å²) in [4.78, 5) is 0. The van der Waals surface area contributed by atoms with E-state index in [-0.39, 0.29) is 11.6 Å². The Labute approximate surface area is 253 Å². The summed E-state index contributed by atoms with van der Waals surface area (Å²) >= 11 is 0. The third-order valence-corrected chi connectivity index (χ3v) is 12.8. The molecule has 0 unspecified atom stereocenters. The summed E-state index contributed by atoms with van der Waals surface area (Å²) in [6.07, 6.45) is -1.54. The van der Waals surface area contributed by atoms with Crippen LogP contribution in [0.25, 0.3) is 0 Å². The molecule has 1 aliphatic rings. The van der Waals surface area contributed by atoms with E-state index < -0.39 is 39.0 Å². The standard InChI is InChI=1S/C35H48O6Si/c1-6-22-35(2,3)42(4,5)41-34-33(39-25-29-20-14-9-15-21-29)32(38-24-28-18-12-8-13-19-28)31(36)30(40-34)26-37-23-27-16-10-7-11-17-27/h7-21,30-34,36H,6,22-26H2,1-5H3/t30-,31+,32+,33-,34+/m1/s1. The van der Waals surface area contributed by atoms with E-state index >= 15 is 0 Å². The maximum atomic E-state index is 11.7. The number of rotatable bonds is 15. The minimum atomic E-state index is -2.32. The highest BCUT2D eigenvalue weighted by Crippen LogP contribution is 2.44. The lowest BCUT2D eigenvalue weighted by Gasteiger charge is -2.48. The highest BCUT2D eigenvalue weighted by atomic mass is 28.4. The molecule has 6 nitrogen and oxygen atoms in total. The first-order valence-electron chi connectivity index (χ1n) is 15.1. The van der Waals surface area contributed by atoms with Gasteiger partial charge in [-0.3, -0.25) is 0 Å². The number of benzene rings is 3. The second-order valence-electron chi connectivity index (χ2n) is 12.3. The van der Waals surface area contributed by atoms with Crippen LogP contribution in [0.4, 0.5) is 0 Å². The largest absolute Gasteiger partial charge is 0.390 e. The van der Waals surface area contributed by atoms with Gasteiger partial charge in [0.2, 0.25) is 0 Å². The average molecular weight is 593 g/mol. The Kier molecular flexibility index (Phi) is 11.9. The van der Waals surface area contributed by atoms with Crippen molar-refractivity contribution >= 4 is 8.32 Å². The molecule has 3 aromatic carbocycles. The third-order valence-electron chi connectivity index (χ3n) is 8.50. The van der Waals surface area contributed by atoms with Gasteiger partial charge >= 0.3 is 0 Å². The Balaban J connectivity index is 1.59. The predicted molar refractivity (Wildman–Crippen MR) is 168 cm³/mol. The zero-order valence-electron chi connectivity index (χ0n) is 25.8. The van der Waals surface area contributed by atoms with E-state index in [1.807, 2.05) is 91.0 Å². The van der Waals surface area contributed by atoms with E-state index in [0.717, 1.165) is 29.5 Å². The molecule has 0 radical (unpaired) electrons. The Bertz CT molecular complexity index is 1170. The Morgan fingerprint density at radius 1 is 0.738 bits per heavy atom. The van der Waals surface area contributed by atoms with Gasteiger partial charge in [0, 0.05) is 0 Å².